The van der Waals surface area contributed by atoms with Gasteiger partial charge in [-0.25, -0.2) is 9.37 Å². The number of hydrogen-bond donors (Lipinski definition) is 0. The number of rotatable bonds is 9. The van der Waals surface area contributed by atoms with Gasteiger partial charge in [-0.05, 0) is 69.9 Å². The molecule has 1 amide bonds. The van der Waals surface area contributed by atoms with Crippen LogP contribution in [0.2, 0.25) is 0 Å². The SMILES string of the molecule is Cc1cccc2sc(N(CCCN(C)C)C(=O)CCSc3ccc(F)cc3)nc12. The molecule has 0 radical (unpaired) electrons. The van der Waals surface area contributed by atoms with E-state index in [9.17, 15) is 9.18 Å². The molecule has 0 unspecified atom stereocenters. The van der Waals surface area contributed by atoms with Crippen molar-refractivity contribution >= 4 is 44.4 Å². The van der Waals surface area contributed by atoms with Gasteiger partial charge in [0.05, 0.1) is 10.2 Å². The van der Waals surface area contributed by atoms with E-state index in [0.717, 1.165) is 38.8 Å². The number of benzene rings is 2. The molecule has 0 spiro atoms. The van der Waals surface area contributed by atoms with Crippen molar-refractivity contribution in [3.63, 3.8) is 0 Å². The van der Waals surface area contributed by atoms with Crippen molar-refractivity contribution in [3.05, 3.63) is 53.8 Å². The number of halogens is 1. The second kappa shape index (κ2) is 10.2. The first kappa shape index (κ1) is 21.7. The molecule has 0 aliphatic rings. The monoisotopic (exact) mass is 431 g/mol. The van der Waals surface area contributed by atoms with Gasteiger partial charge in [-0.2, -0.15) is 0 Å². The molecule has 1 aromatic heterocycles. The molecular formula is C22H26FN3OS2. The zero-order chi connectivity index (χ0) is 20.8. The van der Waals surface area contributed by atoms with Crippen molar-refractivity contribution in [2.24, 2.45) is 0 Å². The second-order valence-electron chi connectivity index (χ2n) is 7.17. The molecule has 1 heterocycles. The lowest BCUT2D eigenvalue weighted by Gasteiger charge is -2.21. The molecule has 0 N–H and O–H groups in total. The van der Waals surface area contributed by atoms with Crippen molar-refractivity contribution in [1.29, 1.82) is 0 Å². The van der Waals surface area contributed by atoms with Crippen LogP contribution < -0.4 is 4.90 Å². The Bertz CT molecular complexity index is 956. The van der Waals surface area contributed by atoms with Crippen LogP contribution >= 0.6 is 23.1 Å². The number of aryl methyl sites for hydroxylation is 1. The Morgan fingerprint density at radius 2 is 1.90 bits per heavy atom. The molecule has 3 rings (SSSR count). The van der Waals surface area contributed by atoms with Crippen LogP contribution in [0.4, 0.5) is 9.52 Å². The van der Waals surface area contributed by atoms with Gasteiger partial charge >= 0.3 is 0 Å². The van der Waals surface area contributed by atoms with Gasteiger partial charge in [-0.1, -0.05) is 23.5 Å². The third-order valence-electron chi connectivity index (χ3n) is 4.53. The molecule has 0 saturated heterocycles. The lowest BCUT2D eigenvalue weighted by Crippen LogP contribution is -2.33. The smallest absolute Gasteiger partial charge is 0.229 e. The van der Waals surface area contributed by atoms with Gasteiger partial charge in [-0.3, -0.25) is 9.69 Å². The minimum atomic E-state index is -0.247. The van der Waals surface area contributed by atoms with Crippen LogP contribution in [0.15, 0.2) is 47.4 Å². The number of para-hydroxylation sites is 1. The number of anilines is 1. The lowest BCUT2D eigenvalue weighted by atomic mass is 10.2. The van der Waals surface area contributed by atoms with Gasteiger partial charge in [0.2, 0.25) is 5.91 Å². The van der Waals surface area contributed by atoms with Crippen molar-refractivity contribution < 1.29 is 9.18 Å². The van der Waals surface area contributed by atoms with Crippen LogP contribution in [-0.4, -0.2) is 48.7 Å². The topological polar surface area (TPSA) is 36.4 Å². The van der Waals surface area contributed by atoms with E-state index in [2.05, 4.69) is 11.0 Å². The lowest BCUT2D eigenvalue weighted by molar-refractivity contribution is -0.118. The van der Waals surface area contributed by atoms with Gasteiger partial charge in [0, 0.05) is 23.6 Å². The van der Waals surface area contributed by atoms with Crippen molar-refractivity contribution in [2.75, 3.05) is 37.8 Å². The van der Waals surface area contributed by atoms with Gasteiger partial charge < -0.3 is 4.90 Å². The molecule has 0 atom stereocenters. The number of carbonyl (C=O) groups excluding carboxylic acids is 1. The van der Waals surface area contributed by atoms with Gasteiger partial charge in [0.15, 0.2) is 5.13 Å². The third-order valence-corrected chi connectivity index (χ3v) is 6.58. The van der Waals surface area contributed by atoms with Crippen LogP contribution in [0.5, 0.6) is 0 Å². The average Bonchev–Trinajstić information content (AvgIpc) is 3.12. The minimum Gasteiger partial charge on any atom is -0.309 e. The highest BCUT2D eigenvalue weighted by atomic mass is 32.2. The van der Waals surface area contributed by atoms with E-state index >= 15 is 0 Å². The molecule has 2 aromatic carbocycles. The summed E-state index contributed by atoms with van der Waals surface area (Å²) in [6.45, 7) is 3.61. The molecule has 154 valence electrons. The van der Waals surface area contributed by atoms with E-state index in [0.29, 0.717) is 18.7 Å². The van der Waals surface area contributed by atoms with Crippen LogP contribution in [0.25, 0.3) is 10.2 Å². The van der Waals surface area contributed by atoms with Crippen LogP contribution in [-0.2, 0) is 4.79 Å². The summed E-state index contributed by atoms with van der Waals surface area (Å²) in [5.74, 6) is 0.483. The summed E-state index contributed by atoms with van der Waals surface area (Å²) in [5.41, 5.74) is 2.09. The van der Waals surface area contributed by atoms with Crippen LogP contribution in [0, 0.1) is 12.7 Å². The van der Waals surface area contributed by atoms with E-state index in [-0.39, 0.29) is 11.7 Å². The Kier molecular flexibility index (Phi) is 7.64. The first-order valence-corrected chi connectivity index (χ1v) is 11.4. The highest BCUT2D eigenvalue weighted by Gasteiger charge is 2.20. The van der Waals surface area contributed by atoms with Crippen molar-refractivity contribution in [2.45, 2.75) is 24.7 Å². The zero-order valence-corrected chi connectivity index (χ0v) is 18.7. The van der Waals surface area contributed by atoms with Gasteiger partial charge in [-0.15, -0.1) is 11.8 Å². The Morgan fingerprint density at radius 1 is 1.14 bits per heavy atom. The molecule has 0 aliphatic carbocycles. The molecule has 4 nitrogen and oxygen atoms in total. The quantitative estimate of drug-likeness (QED) is 0.436. The molecule has 0 saturated carbocycles. The van der Waals surface area contributed by atoms with Crippen molar-refractivity contribution in [3.8, 4) is 0 Å². The van der Waals surface area contributed by atoms with Crippen LogP contribution in [0.3, 0.4) is 0 Å². The fourth-order valence-electron chi connectivity index (χ4n) is 2.98. The molecule has 0 aliphatic heterocycles. The fraction of sp³-hybridized carbons (Fsp3) is 0.364. The minimum absolute atomic E-state index is 0.0788. The van der Waals surface area contributed by atoms with E-state index in [1.807, 2.05) is 38.1 Å². The summed E-state index contributed by atoms with van der Waals surface area (Å²) >= 11 is 3.14. The number of carbonyl (C=O) groups is 1. The number of hydrogen-bond acceptors (Lipinski definition) is 5. The summed E-state index contributed by atoms with van der Waals surface area (Å²) in [6.07, 6.45) is 1.30. The molecule has 29 heavy (non-hydrogen) atoms. The predicted molar refractivity (Wildman–Crippen MR) is 122 cm³/mol. The van der Waals surface area contributed by atoms with E-state index in [1.54, 1.807) is 35.2 Å². The molecule has 3 aromatic rings. The highest BCUT2D eigenvalue weighted by Crippen LogP contribution is 2.31. The Morgan fingerprint density at radius 3 is 2.59 bits per heavy atom. The Labute approximate surface area is 179 Å². The van der Waals surface area contributed by atoms with E-state index in [1.165, 1.54) is 12.1 Å². The van der Waals surface area contributed by atoms with Crippen molar-refractivity contribution in [1.82, 2.24) is 9.88 Å². The number of fused-ring (bicyclic) bond motifs is 1. The predicted octanol–water partition coefficient (Wildman–Crippen LogP) is 5.21. The summed E-state index contributed by atoms with van der Waals surface area (Å²) in [5, 5.41) is 0.768. The number of thiazole rings is 1. The highest BCUT2D eigenvalue weighted by molar-refractivity contribution is 7.99. The molecule has 0 bridgehead atoms. The standard InChI is InChI=1S/C22H26FN3OS2/c1-16-6-4-7-19-21(16)24-22(29-19)26(14-5-13-25(2)3)20(27)12-15-28-18-10-8-17(23)9-11-18/h4,6-11H,5,12-15H2,1-3H3. The third kappa shape index (κ3) is 6.01. The number of thioether (sulfide) groups is 1. The molecular weight excluding hydrogens is 405 g/mol. The summed E-state index contributed by atoms with van der Waals surface area (Å²) in [4.78, 5) is 22.7. The molecule has 0 fully saturated rings. The molecule has 7 heteroatoms. The van der Waals surface area contributed by atoms with Gasteiger partial charge in [0.25, 0.3) is 0 Å². The largest absolute Gasteiger partial charge is 0.309 e. The zero-order valence-electron chi connectivity index (χ0n) is 17.0. The summed E-state index contributed by atoms with van der Waals surface area (Å²) in [6, 6.07) is 12.5. The van der Waals surface area contributed by atoms with Gasteiger partial charge in [0.1, 0.15) is 5.82 Å². The number of nitrogens with zero attached hydrogens (tertiary/aromatic N) is 3. The van der Waals surface area contributed by atoms with Crippen LogP contribution in [0.1, 0.15) is 18.4 Å². The average molecular weight is 432 g/mol. The number of amides is 1. The summed E-state index contributed by atoms with van der Waals surface area (Å²) in [7, 11) is 4.07. The maximum atomic E-state index is 13.0. The maximum Gasteiger partial charge on any atom is 0.229 e. The first-order chi connectivity index (χ1) is 13.9. The maximum absolute atomic E-state index is 13.0. The first-order valence-electron chi connectivity index (χ1n) is 9.63. The second-order valence-corrected chi connectivity index (χ2v) is 9.35. The normalized spacial score (nSPS) is 11.3. The Balaban J connectivity index is 1.70. The van der Waals surface area contributed by atoms with E-state index in [4.69, 9.17) is 4.98 Å². The summed E-state index contributed by atoms with van der Waals surface area (Å²) < 4.78 is 14.1. The van der Waals surface area contributed by atoms with E-state index < -0.39 is 0 Å². The fourth-order valence-corrected chi connectivity index (χ4v) is 4.91. The number of aromatic nitrogens is 1. The Hall–Kier alpha value is -1.96.